The second-order valence-corrected chi connectivity index (χ2v) is 4.81. The van der Waals surface area contributed by atoms with Crippen LogP contribution in [0.3, 0.4) is 0 Å². The van der Waals surface area contributed by atoms with Gasteiger partial charge in [0.05, 0.1) is 7.11 Å². The van der Waals surface area contributed by atoms with Crippen molar-refractivity contribution in [1.82, 2.24) is 5.32 Å². The summed E-state index contributed by atoms with van der Waals surface area (Å²) in [7, 11) is 1.63. The maximum Gasteiger partial charge on any atom is 0.251 e. The minimum absolute atomic E-state index is 0.135. The number of phenolic OH excluding ortho intramolecular Hbond substituents is 1. The largest absolute Gasteiger partial charge is 0.508 e. The smallest absolute Gasteiger partial charge is 0.251 e. The Labute approximate surface area is 124 Å². The van der Waals surface area contributed by atoms with Crippen molar-refractivity contribution in [3.63, 3.8) is 0 Å². The van der Waals surface area contributed by atoms with Crippen molar-refractivity contribution in [2.75, 3.05) is 13.7 Å². The normalized spacial score (nSPS) is 10.2. The van der Waals surface area contributed by atoms with E-state index in [9.17, 15) is 9.90 Å². The summed E-state index contributed by atoms with van der Waals surface area (Å²) in [6.07, 6.45) is 0.723. The molecule has 0 saturated heterocycles. The highest BCUT2D eigenvalue weighted by Crippen LogP contribution is 2.19. The van der Waals surface area contributed by atoms with Gasteiger partial charge in [0, 0.05) is 17.7 Å². The highest BCUT2D eigenvalue weighted by atomic mass is 16.5. The minimum atomic E-state index is -0.175. The summed E-state index contributed by atoms with van der Waals surface area (Å²) in [6.45, 7) is 2.26. The van der Waals surface area contributed by atoms with Gasteiger partial charge in [-0.3, -0.25) is 4.79 Å². The van der Waals surface area contributed by atoms with E-state index < -0.39 is 0 Å². The predicted octanol–water partition coefficient (Wildman–Crippen LogP) is 2.68. The summed E-state index contributed by atoms with van der Waals surface area (Å²) >= 11 is 0. The molecule has 0 aliphatic rings. The molecule has 4 nitrogen and oxygen atoms in total. The number of aromatic hydroxyl groups is 1. The van der Waals surface area contributed by atoms with Crippen molar-refractivity contribution in [2.24, 2.45) is 0 Å². The summed E-state index contributed by atoms with van der Waals surface area (Å²) < 4.78 is 5.17. The lowest BCUT2D eigenvalue weighted by molar-refractivity contribution is 0.0953. The van der Waals surface area contributed by atoms with Gasteiger partial charge in [0.2, 0.25) is 0 Å². The average Bonchev–Trinajstić information content (AvgIpc) is 2.50. The maximum absolute atomic E-state index is 12.1. The van der Waals surface area contributed by atoms with Gasteiger partial charge in [-0.05, 0) is 43.2 Å². The number of nitrogens with one attached hydrogen (secondary N) is 1. The van der Waals surface area contributed by atoms with E-state index in [0.29, 0.717) is 17.7 Å². The summed E-state index contributed by atoms with van der Waals surface area (Å²) in [4.78, 5) is 12.1. The SMILES string of the molecule is COc1cccc(CCNC(=O)c2cccc(O)c2C)c1. The van der Waals surface area contributed by atoms with Crippen LogP contribution in [0.4, 0.5) is 0 Å². The highest BCUT2D eigenvalue weighted by molar-refractivity contribution is 5.96. The molecule has 4 heteroatoms. The third-order valence-electron chi connectivity index (χ3n) is 3.38. The molecule has 2 N–H and O–H groups in total. The molecule has 2 aromatic carbocycles. The molecule has 1 amide bonds. The number of hydrogen-bond donors (Lipinski definition) is 2. The lowest BCUT2D eigenvalue weighted by atomic mass is 10.1. The van der Waals surface area contributed by atoms with E-state index in [1.807, 2.05) is 24.3 Å². The number of methoxy groups -OCH3 is 1. The molecule has 2 rings (SSSR count). The second kappa shape index (κ2) is 6.79. The Kier molecular flexibility index (Phi) is 4.82. The first-order valence-corrected chi connectivity index (χ1v) is 6.81. The van der Waals surface area contributed by atoms with Crippen LogP contribution in [0.1, 0.15) is 21.5 Å². The highest BCUT2D eigenvalue weighted by Gasteiger charge is 2.10. The Morgan fingerprint density at radius 3 is 2.76 bits per heavy atom. The van der Waals surface area contributed by atoms with E-state index in [1.165, 1.54) is 0 Å². The Morgan fingerprint density at radius 2 is 2.00 bits per heavy atom. The Balaban J connectivity index is 1.94. The zero-order valence-electron chi connectivity index (χ0n) is 12.2. The molecule has 0 heterocycles. The molecular formula is C17H19NO3. The van der Waals surface area contributed by atoms with Crippen LogP contribution < -0.4 is 10.1 Å². The van der Waals surface area contributed by atoms with E-state index in [4.69, 9.17) is 4.74 Å². The van der Waals surface area contributed by atoms with E-state index >= 15 is 0 Å². The predicted molar refractivity (Wildman–Crippen MR) is 81.9 cm³/mol. The van der Waals surface area contributed by atoms with Gasteiger partial charge in [0.25, 0.3) is 5.91 Å². The van der Waals surface area contributed by atoms with Gasteiger partial charge in [0.1, 0.15) is 11.5 Å². The fourth-order valence-electron chi connectivity index (χ4n) is 2.11. The number of carbonyl (C=O) groups excluding carboxylic acids is 1. The van der Waals surface area contributed by atoms with Crippen LogP contribution in [0.15, 0.2) is 42.5 Å². The second-order valence-electron chi connectivity index (χ2n) is 4.81. The summed E-state index contributed by atoms with van der Waals surface area (Å²) in [5.41, 5.74) is 2.19. The van der Waals surface area contributed by atoms with Crippen LogP contribution >= 0.6 is 0 Å². The molecule has 0 bridgehead atoms. The van der Waals surface area contributed by atoms with E-state index in [0.717, 1.165) is 17.7 Å². The van der Waals surface area contributed by atoms with Gasteiger partial charge in [0.15, 0.2) is 0 Å². The molecule has 0 fully saturated rings. The van der Waals surface area contributed by atoms with Gasteiger partial charge in [-0.15, -0.1) is 0 Å². The number of carbonyl (C=O) groups is 1. The monoisotopic (exact) mass is 285 g/mol. The number of amides is 1. The van der Waals surface area contributed by atoms with Crippen LogP contribution in [0, 0.1) is 6.92 Å². The standard InChI is InChI=1S/C17H19NO3/c1-12-15(7-4-8-16(12)19)17(20)18-10-9-13-5-3-6-14(11-13)21-2/h3-8,11,19H,9-10H2,1-2H3,(H,18,20). The third kappa shape index (κ3) is 3.75. The van der Waals surface area contributed by atoms with Gasteiger partial charge >= 0.3 is 0 Å². The maximum atomic E-state index is 12.1. The van der Waals surface area contributed by atoms with Crippen LogP contribution in [-0.4, -0.2) is 24.7 Å². The average molecular weight is 285 g/mol. The molecule has 0 aliphatic heterocycles. The van der Waals surface area contributed by atoms with Crippen LogP contribution in [0.5, 0.6) is 11.5 Å². The summed E-state index contributed by atoms with van der Waals surface area (Å²) in [5, 5.41) is 12.5. The lowest BCUT2D eigenvalue weighted by Crippen LogP contribution is -2.26. The van der Waals surface area contributed by atoms with Crippen molar-refractivity contribution in [2.45, 2.75) is 13.3 Å². The van der Waals surface area contributed by atoms with Crippen molar-refractivity contribution in [3.8, 4) is 11.5 Å². The van der Waals surface area contributed by atoms with Crippen molar-refractivity contribution in [3.05, 3.63) is 59.2 Å². The molecule has 0 unspecified atom stereocenters. The molecule has 0 aromatic heterocycles. The molecule has 21 heavy (non-hydrogen) atoms. The zero-order chi connectivity index (χ0) is 15.2. The molecular weight excluding hydrogens is 266 g/mol. The molecule has 0 saturated carbocycles. The quantitative estimate of drug-likeness (QED) is 0.888. The first-order chi connectivity index (χ1) is 10.1. The van der Waals surface area contributed by atoms with Crippen LogP contribution in [0.2, 0.25) is 0 Å². The molecule has 0 spiro atoms. The number of hydrogen-bond acceptors (Lipinski definition) is 3. The van der Waals surface area contributed by atoms with Crippen molar-refractivity contribution >= 4 is 5.91 Å². The van der Waals surface area contributed by atoms with Crippen LogP contribution in [0.25, 0.3) is 0 Å². The van der Waals surface area contributed by atoms with Gasteiger partial charge < -0.3 is 15.2 Å². The number of phenols is 1. The van der Waals surface area contributed by atoms with Crippen molar-refractivity contribution in [1.29, 1.82) is 0 Å². The van der Waals surface area contributed by atoms with Gasteiger partial charge in [-0.25, -0.2) is 0 Å². The fraction of sp³-hybridized carbons (Fsp3) is 0.235. The molecule has 110 valence electrons. The van der Waals surface area contributed by atoms with Gasteiger partial charge in [-0.2, -0.15) is 0 Å². The summed E-state index contributed by atoms with van der Waals surface area (Å²) in [6, 6.07) is 12.7. The number of ether oxygens (including phenoxy) is 1. The van der Waals surface area contributed by atoms with E-state index in [1.54, 1.807) is 32.2 Å². The minimum Gasteiger partial charge on any atom is -0.508 e. The molecule has 2 aromatic rings. The number of benzene rings is 2. The molecule has 0 atom stereocenters. The molecule has 0 radical (unpaired) electrons. The third-order valence-corrected chi connectivity index (χ3v) is 3.38. The Bertz CT molecular complexity index is 638. The number of rotatable bonds is 5. The Hall–Kier alpha value is -2.49. The zero-order valence-corrected chi connectivity index (χ0v) is 12.2. The Morgan fingerprint density at radius 1 is 1.24 bits per heavy atom. The van der Waals surface area contributed by atoms with E-state index in [-0.39, 0.29) is 11.7 Å². The van der Waals surface area contributed by atoms with Crippen LogP contribution in [-0.2, 0) is 6.42 Å². The van der Waals surface area contributed by atoms with E-state index in [2.05, 4.69) is 5.32 Å². The topological polar surface area (TPSA) is 58.6 Å². The first-order valence-electron chi connectivity index (χ1n) is 6.81. The van der Waals surface area contributed by atoms with Gasteiger partial charge in [-0.1, -0.05) is 18.2 Å². The molecule has 0 aliphatic carbocycles. The first kappa shape index (κ1) is 14.9. The fourth-order valence-corrected chi connectivity index (χ4v) is 2.11. The summed E-state index contributed by atoms with van der Waals surface area (Å²) in [5.74, 6) is 0.768. The van der Waals surface area contributed by atoms with Crippen molar-refractivity contribution < 1.29 is 14.6 Å². The lowest BCUT2D eigenvalue weighted by Gasteiger charge is -2.09.